The molecular formula is C19H17ClFN3O3S. The van der Waals surface area contributed by atoms with Crippen LogP contribution < -0.4 is 10.9 Å². The van der Waals surface area contributed by atoms with E-state index >= 15 is 0 Å². The molecule has 0 spiro atoms. The fourth-order valence-electron chi connectivity index (χ4n) is 2.54. The van der Waals surface area contributed by atoms with Crippen molar-refractivity contribution in [3.63, 3.8) is 0 Å². The number of rotatable bonds is 7. The highest BCUT2D eigenvalue weighted by Crippen LogP contribution is 2.23. The van der Waals surface area contributed by atoms with Gasteiger partial charge in [0.2, 0.25) is 5.91 Å². The molecule has 3 aromatic rings. The zero-order valence-corrected chi connectivity index (χ0v) is 16.5. The minimum atomic E-state index is -0.486. The van der Waals surface area contributed by atoms with Gasteiger partial charge in [0.15, 0.2) is 5.16 Å². The van der Waals surface area contributed by atoms with E-state index in [4.69, 9.17) is 16.3 Å². The van der Waals surface area contributed by atoms with Crippen LogP contribution in [0.5, 0.6) is 0 Å². The van der Waals surface area contributed by atoms with Gasteiger partial charge in [-0.3, -0.25) is 14.2 Å². The van der Waals surface area contributed by atoms with Gasteiger partial charge in [0, 0.05) is 7.11 Å². The number of anilines is 1. The van der Waals surface area contributed by atoms with E-state index in [9.17, 15) is 14.0 Å². The highest BCUT2D eigenvalue weighted by Gasteiger charge is 2.14. The number of methoxy groups -OCH3 is 1. The molecule has 0 aliphatic heterocycles. The van der Waals surface area contributed by atoms with E-state index in [1.54, 1.807) is 31.4 Å². The fraction of sp³-hybridized carbons (Fsp3) is 0.211. The van der Waals surface area contributed by atoms with Crippen LogP contribution in [0.25, 0.3) is 10.9 Å². The van der Waals surface area contributed by atoms with Crippen molar-refractivity contribution < 1.29 is 13.9 Å². The molecule has 0 aliphatic carbocycles. The number of nitrogens with one attached hydrogen (secondary N) is 1. The first-order valence-corrected chi connectivity index (χ1v) is 9.72. The predicted octanol–water partition coefficient (Wildman–Crippen LogP) is 3.57. The Morgan fingerprint density at radius 1 is 1.32 bits per heavy atom. The third-order valence-electron chi connectivity index (χ3n) is 3.88. The Morgan fingerprint density at radius 3 is 2.86 bits per heavy atom. The molecule has 0 atom stereocenters. The Morgan fingerprint density at radius 2 is 2.11 bits per heavy atom. The van der Waals surface area contributed by atoms with Crippen LogP contribution >= 0.6 is 23.4 Å². The van der Waals surface area contributed by atoms with Crippen LogP contribution in [0.3, 0.4) is 0 Å². The molecule has 146 valence electrons. The van der Waals surface area contributed by atoms with E-state index in [1.165, 1.54) is 16.7 Å². The Kier molecular flexibility index (Phi) is 6.66. The maximum absolute atomic E-state index is 13.1. The molecule has 0 aliphatic rings. The molecule has 3 rings (SSSR count). The van der Waals surface area contributed by atoms with E-state index in [2.05, 4.69) is 10.3 Å². The van der Waals surface area contributed by atoms with Gasteiger partial charge in [-0.2, -0.15) is 0 Å². The SMILES string of the molecule is COCCn1c(SCC(=O)Nc2ccc(F)cc2Cl)nc2ccccc2c1=O. The molecule has 1 heterocycles. The topological polar surface area (TPSA) is 73.2 Å². The second-order valence-electron chi connectivity index (χ2n) is 5.82. The van der Waals surface area contributed by atoms with E-state index in [0.717, 1.165) is 17.8 Å². The van der Waals surface area contributed by atoms with Gasteiger partial charge >= 0.3 is 0 Å². The molecule has 1 amide bonds. The van der Waals surface area contributed by atoms with Crippen molar-refractivity contribution >= 4 is 45.9 Å². The summed E-state index contributed by atoms with van der Waals surface area (Å²) in [7, 11) is 1.55. The number of carbonyl (C=O) groups excluding carboxylic acids is 1. The third kappa shape index (κ3) is 4.70. The molecule has 0 saturated heterocycles. The summed E-state index contributed by atoms with van der Waals surface area (Å²) in [4.78, 5) is 29.6. The van der Waals surface area contributed by atoms with Crippen molar-refractivity contribution in [2.45, 2.75) is 11.7 Å². The van der Waals surface area contributed by atoms with Crippen LogP contribution in [0, 0.1) is 5.82 Å². The van der Waals surface area contributed by atoms with Gasteiger partial charge in [0.1, 0.15) is 5.82 Å². The maximum atomic E-state index is 13.1. The number of halogens is 2. The van der Waals surface area contributed by atoms with Crippen molar-refractivity contribution in [3.8, 4) is 0 Å². The van der Waals surface area contributed by atoms with Gasteiger partial charge in [-0.15, -0.1) is 0 Å². The third-order valence-corrected chi connectivity index (χ3v) is 5.17. The van der Waals surface area contributed by atoms with Gasteiger partial charge in [-0.1, -0.05) is 35.5 Å². The van der Waals surface area contributed by atoms with Crippen molar-refractivity contribution in [1.29, 1.82) is 0 Å². The molecule has 0 fully saturated rings. The molecule has 0 saturated carbocycles. The van der Waals surface area contributed by atoms with Gasteiger partial charge in [-0.25, -0.2) is 9.37 Å². The Balaban J connectivity index is 1.80. The molecule has 0 radical (unpaired) electrons. The molecule has 0 bridgehead atoms. The van der Waals surface area contributed by atoms with Crippen molar-refractivity contribution in [3.05, 3.63) is 63.7 Å². The average molecular weight is 422 g/mol. The van der Waals surface area contributed by atoms with Crippen LogP contribution in [0.2, 0.25) is 5.02 Å². The number of fused-ring (bicyclic) bond motifs is 1. The Hall–Kier alpha value is -2.42. The second-order valence-corrected chi connectivity index (χ2v) is 7.17. The van der Waals surface area contributed by atoms with Crippen LogP contribution in [0.15, 0.2) is 52.4 Å². The summed E-state index contributed by atoms with van der Waals surface area (Å²) in [5.74, 6) is -0.829. The lowest BCUT2D eigenvalue weighted by atomic mass is 10.2. The summed E-state index contributed by atoms with van der Waals surface area (Å²) >= 11 is 7.06. The Labute approximate surface area is 169 Å². The summed E-state index contributed by atoms with van der Waals surface area (Å²) in [5, 5.41) is 3.66. The largest absolute Gasteiger partial charge is 0.383 e. The quantitative estimate of drug-likeness (QED) is 0.466. The number of hydrogen-bond donors (Lipinski definition) is 1. The minimum absolute atomic E-state index is 0.00542. The molecule has 9 heteroatoms. The first-order chi connectivity index (χ1) is 13.5. The number of thioether (sulfide) groups is 1. The second kappa shape index (κ2) is 9.18. The summed E-state index contributed by atoms with van der Waals surface area (Å²) in [6.07, 6.45) is 0. The number of aromatic nitrogens is 2. The maximum Gasteiger partial charge on any atom is 0.262 e. The van der Waals surface area contributed by atoms with Gasteiger partial charge in [0.05, 0.1) is 40.5 Å². The lowest BCUT2D eigenvalue weighted by molar-refractivity contribution is -0.113. The summed E-state index contributed by atoms with van der Waals surface area (Å²) < 4.78 is 19.7. The normalized spacial score (nSPS) is 11.0. The lowest BCUT2D eigenvalue weighted by Gasteiger charge is -2.13. The standard InChI is InChI=1S/C19H17ClFN3O3S/c1-27-9-8-24-18(26)13-4-2-3-5-15(13)23-19(24)28-11-17(25)22-16-7-6-12(21)10-14(16)20/h2-7,10H,8-9,11H2,1H3,(H,22,25). The molecule has 2 aromatic carbocycles. The van der Waals surface area contributed by atoms with Gasteiger partial charge in [-0.05, 0) is 30.3 Å². The van der Waals surface area contributed by atoms with Crippen LogP contribution in [-0.2, 0) is 16.1 Å². The molecular weight excluding hydrogens is 405 g/mol. The number of ether oxygens (including phenoxy) is 1. The van der Waals surface area contributed by atoms with Gasteiger partial charge < -0.3 is 10.1 Å². The summed E-state index contributed by atoms with van der Waals surface area (Å²) in [5.41, 5.74) is 0.690. The van der Waals surface area contributed by atoms with Crippen LogP contribution in [0.4, 0.5) is 10.1 Å². The zero-order valence-electron chi connectivity index (χ0n) is 14.9. The molecule has 28 heavy (non-hydrogen) atoms. The average Bonchev–Trinajstić information content (AvgIpc) is 2.68. The Bertz CT molecular complexity index is 1070. The highest BCUT2D eigenvalue weighted by atomic mass is 35.5. The number of carbonyl (C=O) groups is 1. The van der Waals surface area contributed by atoms with E-state index in [0.29, 0.717) is 34.9 Å². The van der Waals surface area contributed by atoms with Crippen molar-refractivity contribution in [2.75, 3.05) is 24.8 Å². The predicted molar refractivity (Wildman–Crippen MR) is 109 cm³/mol. The molecule has 6 nitrogen and oxygen atoms in total. The molecule has 1 aromatic heterocycles. The highest BCUT2D eigenvalue weighted by molar-refractivity contribution is 7.99. The number of para-hydroxylation sites is 1. The number of nitrogens with zero attached hydrogens (tertiary/aromatic N) is 2. The molecule has 0 unspecified atom stereocenters. The van der Waals surface area contributed by atoms with Crippen molar-refractivity contribution in [1.82, 2.24) is 9.55 Å². The number of amides is 1. The molecule has 1 N–H and O–H groups in total. The van der Waals surface area contributed by atoms with E-state index < -0.39 is 5.82 Å². The van der Waals surface area contributed by atoms with E-state index in [-0.39, 0.29) is 22.2 Å². The van der Waals surface area contributed by atoms with Crippen molar-refractivity contribution in [2.24, 2.45) is 0 Å². The smallest absolute Gasteiger partial charge is 0.262 e. The monoisotopic (exact) mass is 421 g/mol. The number of hydrogen-bond acceptors (Lipinski definition) is 5. The zero-order chi connectivity index (χ0) is 20.1. The van der Waals surface area contributed by atoms with Gasteiger partial charge in [0.25, 0.3) is 5.56 Å². The fourth-order valence-corrected chi connectivity index (χ4v) is 3.58. The number of benzene rings is 2. The van der Waals surface area contributed by atoms with Crippen LogP contribution in [0.1, 0.15) is 0 Å². The first-order valence-electron chi connectivity index (χ1n) is 8.36. The van der Waals surface area contributed by atoms with E-state index in [1.807, 2.05) is 0 Å². The lowest BCUT2D eigenvalue weighted by Crippen LogP contribution is -2.26. The summed E-state index contributed by atoms with van der Waals surface area (Å²) in [6.45, 7) is 0.659. The first kappa shape index (κ1) is 20.3. The van der Waals surface area contributed by atoms with Crippen LogP contribution in [-0.4, -0.2) is 34.9 Å². The summed E-state index contributed by atoms with van der Waals surface area (Å²) in [6, 6.07) is 10.8. The minimum Gasteiger partial charge on any atom is -0.383 e.